The van der Waals surface area contributed by atoms with E-state index in [1.165, 1.54) is 57.7 Å². The molecule has 1 aromatic carbocycles. The number of fused-ring (bicyclic) bond motifs is 3. The second-order valence-electron chi connectivity index (χ2n) is 7.83. The molecule has 0 N–H and O–H groups in total. The number of aryl methyl sites for hydroxylation is 4. The molecule has 0 saturated carbocycles. The molecule has 3 heterocycles. The van der Waals surface area contributed by atoms with E-state index in [2.05, 4.69) is 41.8 Å². The van der Waals surface area contributed by atoms with Crippen molar-refractivity contribution in [3.63, 3.8) is 0 Å². The van der Waals surface area contributed by atoms with E-state index in [0.717, 1.165) is 32.0 Å². The summed E-state index contributed by atoms with van der Waals surface area (Å²) in [6.07, 6.45) is 3.69. The standard InChI is InChI=1S/C22H26N4S/c1-14-6-4-8-18(15(14)2)25-10-12-26(13-11-25)21-20-17-7-5-9-19(17)27-22(20)24-16(3)23-21/h4,6,8H,5,7,9-13H2,1-3H3. The molecular weight excluding hydrogens is 352 g/mol. The minimum absolute atomic E-state index is 0.898. The van der Waals surface area contributed by atoms with Gasteiger partial charge in [-0.2, -0.15) is 0 Å². The van der Waals surface area contributed by atoms with E-state index in [0.29, 0.717) is 0 Å². The molecule has 1 aliphatic carbocycles. The zero-order valence-electron chi connectivity index (χ0n) is 16.4. The SMILES string of the molecule is Cc1nc(N2CCN(c3cccc(C)c3C)CC2)c2c3c(sc2n1)CCC3. The fourth-order valence-electron chi connectivity index (χ4n) is 4.55. The lowest BCUT2D eigenvalue weighted by atomic mass is 10.1. The Morgan fingerprint density at radius 2 is 1.70 bits per heavy atom. The number of benzene rings is 1. The Morgan fingerprint density at radius 3 is 2.52 bits per heavy atom. The van der Waals surface area contributed by atoms with Crippen molar-refractivity contribution in [2.45, 2.75) is 40.0 Å². The molecule has 0 radical (unpaired) electrons. The predicted molar refractivity (Wildman–Crippen MR) is 115 cm³/mol. The Labute approximate surface area is 164 Å². The van der Waals surface area contributed by atoms with Crippen LogP contribution < -0.4 is 9.80 Å². The zero-order chi connectivity index (χ0) is 18.5. The molecule has 2 aliphatic rings. The van der Waals surface area contributed by atoms with Crippen LogP contribution in [-0.4, -0.2) is 36.1 Å². The summed E-state index contributed by atoms with van der Waals surface area (Å²) < 4.78 is 0. The molecule has 5 rings (SSSR count). The normalized spacial score (nSPS) is 17.0. The maximum Gasteiger partial charge on any atom is 0.141 e. The molecule has 0 spiro atoms. The van der Waals surface area contributed by atoms with Gasteiger partial charge in [-0.1, -0.05) is 12.1 Å². The lowest BCUT2D eigenvalue weighted by Crippen LogP contribution is -2.47. The van der Waals surface area contributed by atoms with Crippen LogP contribution in [0.5, 0.6) is 0 Å². The maximum atomic E-state index is 4.91. The molecule has 5 heteroatoms. The Hall–Kier alpha value is -2.14. The van der Waals surface area contributed by atoms with E-state index in [9.17, 15) is 0 Å². The third-order valence-electron chi connectivity index (χ3n) is 6.15. The fourth-order valence-corrected chi connectivity index (χ4v) is 5.85. The minimum Gasteiger partial charge on any atom is -0.368 e. The number of thiophene rings is 1. The summed E-state index contributed by atoms with van der Waals surface area (Å²) in [6, 6.07) is 6.64. The summed E-state index contributed by atoms with van der Waals surface area (Å²) in [5.41, 5.74) is 5.69. The Kier molecular flexibility index (Phi) is 4.08. The van der Waals surface area contributed by atoms with Crippen molar-refractivity contribution in [3.8, 4) is 0 Å². The monoisotopic (exact) mass is 378 g/mol. The van der Waals surface area contributed by atoms with Crippen molar-refractivity contribution < 1.29 is 0 Å². The molecule has 0 unspecified atom stereocenters. The topological polar surface area (TPSA) is 32.3 Å². The summed E-state index contributed by atoms with van der Waals surface area (Å²) in [5.74, 6) is 2.08. The van der Waals surface area contributed by atoms with Crippen LogP contribution >= 0.6 is 11.3 Å². The molecule has 2 aromatic heterocycles. The van der Waals surface area contributed by atoms with Crippen LogP contribution in [0.2, 0.25) is 0 Å². The molecule has 1 saturated heterocycles. The van der Waals surface area contributed by atoms with E-state index in [4.69, 9.17) is 9.97 Å². The molecule has 140 valence electrons. The fraction of sp³-hybridized carbons (Fsp3) is 0.455. The molecule has 4 nitrogen and oxygen atoms in total. The molecule has 1 fully saturated rings. The van der Waals surface area contributed by atoms with Gasteiger partial charge in [0, 0.05) is 36.7 Å². The average molecular weight is 379 g/mol. The molecule has 3 aromatic rings. The van der Waals surface area contributed by atoms with Gasteiger partial charge in [-0.15, -0.1) is 11.3 Å². The highest BCUT2D eigenvalue weighted by Crippen LogP contribution is 2.40. The number of piperazine rings is 1. The molecular formula is C22H26N4S. The first-order chi connectivity index (χ1) is 13.1. The van der Waals surface area contributed by atoms with Gasteiger partial charge >= 0.3 is 0 Å². The summed E-state index contributed by atoms with van der Waals surface area (Å²) >= 11 is 1.89. The molecule has 0 amide bonds. The highest BCUT2D eigenvalue weighted by atomic mass is 32.1. The van der Waals surface area contributed by atoms with Crippen molar-refractivity contribution in [1.29, 1.82) is 0 Å². The number of hydrogen-bond acceptors (Lipinski definition) is 5. The number of nitrogens with zero attached hydrogens (tertiary/aromatic N) is 4. The van der Waals surface area contributed by atoms with Crippen molar-refractivity contribution in [3.05, 3.63) is 45.6 Å². The van der Waals surface area contributed by atoms with Crippen LogP contribution in [0.25, 0.3) is 10.2 Å². The first-order valence-corrected chi connectivity index (χ1v) is 10.8. The van der Waals surface area contributed by atoms with Crippen molar-refractivity contribution in [1.82, 2.24) is 9.97 Å². The van der Waals surface area contributed by atoms with Gasteiger partial charge in [0.05, 0.1) is 5.39 Å². The van der Waals surface area contributed by atoms with E-state index in [1.807, 2.05) is 18.3 Å². The zero-order valence-corrected chi connectivity index (χ0v) is 17.2. The van der Waals surface area contributed by atoms with Crippen LogP contribution in [0.15, 0.2) is 18.2 Å². The quantitative estimate of drug-likeness (QED) is 0.660. The molecule has 0 bridgehead atoms. The van der Waals surface area contributed by atoms with Gasteiger partial charge in [0.2, 0.25) is 0 Å². The Balaban J connectivity index is 1.45. The van der Waals surface area contributed by atoms with Crippen LogP contribution in [-0.2, 0) is 12.8 Å². The highest BCUT2D eigenvalue weighted by molar-refractivity contribution is 7.19. The first kappa shape index (κ1) is 17.0. The third-order valence-corrected chi connectivity index (χ3v) is 7.34. The van der Waals surface area contributed by atoms with E-state index in [1.54, 1.807) is 4.88 Å². The third kappa shape index (κ3) is 2.80. The van der Waals surface area contributed by atoms with Gasteiger partial charge in [0.1, 0.15) is 16.5 Å². The van der Waals surface area contributed by atoms with Gasteiger partial charge in [-0.25, -0.2) is 9.97 Å². The van der Waals surface area contributed by atoms with E-state index in [-0.39, 0.29) is 0 Å². The van der Waals surface area contributed by atoms with Crippen molar-refractivity contribution >= 4 is 33.1 Å². The van der Waals surface area contributed by atoms with Crippen LogP contribution in [0.4, 0.5) is 11.5 Å². The number of anilines is 2. The van der Waals surface area contributed by atoms with E-state index >= 15 is 0 Å². The first-order valence-electron chi connectivity index (χ1n) is 9.97. The van der Waals surface area contributed by atoms with E-state index < -0.39 is 0 Å². The minimum atomic E-state index is 0.898. The van der Waals surface area contributed by atoms with Gasteiger partial charge in [0.15, 0.2) is 0 Å². The predicted octanol–water partition coefficient (Wildman–Crippen LogP) is 4.43. The summed E-state index contributed by atoms with van der Waals surface area (Å²) in [5, 5.41) is 1.35. The highest BCUT2D eigenvalue weighted by Gasteiger charge is 2.26. The van der Waals surface area contributed by atoms with Gasteiger partial charge < -0.3 is 9.80 Å². The van der Waals surface area contributed by atoms with Crippen LogP contribution in [0, 0.1) is 20.8 Å². The van der Waals surface area contributed by atoms with Gasteiger partial charge in [-0.3, -0.25) is 0 Å². The maximum absolute atomic E-state index is 4.91. The lowest BCUT2D eigenvalue weighted by Gasteiger charge is -2.38. The number of hydrogen-bond donors (Lipinski definition) is 0. The second kappa shape index (κ2) is 6.48. The lowest BCUT2D eigenvalue weighted by molar-refractivity contribution is 0.646. The molecule has 1 aliphatic heterocycles. The summed E-state index contributed by atoms with van der Waals surface area (Å²) in [6.45, 7) is 10.6. The van der Waals surface area contributed by atoms with Crippen molar-refractivity contribution in [2.75, 3.05) is 36.0 Å². The molecule has 27 heavy (non-hydrogen) atoms. The Morgan fingerprint density at radius 1 is 0.926 bits per heavy atom. The summed E-state index contributed by atoms with van der Waals surface area (Å²) in [4.78, 5) is 17.4. The number of rotatable bonds is 2. The van der Waals surface area contributed by atoms with Gasteiger partial charge in [0.25, 0.3) is 0 Å². The van der Waals surface area contributed by atoms with Crippen molar-refractivity contribution in [2.24, 2.45) is 0 Å². The van der Waals surface area contributed by atoms with Crippen LogP contribution in [0.3, 0.4) is 0 Å². The average Bonchev–Trinajstić information content (AvgIpc) is 3.24. The van der Waals surface area contributed by atoms with Crippen LogP contribution in [0.1, 0.15) is 33.8 Å². The largest absolute Gasteiger partial charge is 0.368 e. The number of aromatic nitrogens is 2. The molecule has 0 atom stereocenters. The summed E-state index contributed by atoms with van der Waals surface area (Å²) in [7, 11) is 0. The Bertz CT molecular complexity index is 1010. The smallest absolute Gasteiger partial charge is 0.141 e. The van der Waals surface area contributed by atoms with Gasteiger partial charge in [-0.05, 0) is 62.8 Å². The second-order valence-corrected chi connectivity index (χ2v) is 8.91.